The van der Waals surface area contributed by atoms with Crippen LogP contribution in [0.5, 0.6) is 0 Å². The standard InChI is InChI=1S/C60H112N2O8/c1-7-11-15-17-20-28-39-53(40-29-21-18-16-12-8-2)69-56(63)41-30-22-19-25-33-48-67-58(65)55-50-54(70-57(64)42-47-61-44-35-45-61)51-62(55)46-32-24-23-31-43-60(5,6)59(66)68-49-34-38-52(36-26-13-9-3)37-27-14-10-4/h52-55H,7-51H2,1-6H3/t54-,55-/m0/s1. The lowest BCUT2D eigenvalue weighted by Crippen LogP contribution is -2.39. The highest BCUT2D eigenvalue weighted by Crippen LogP contribution is 2.28. The zero-order valence-corrected chi connectivity index (χ0v) is 46.8. The molecule has 0 aromatic heterocycles. The lowest BCUT2D eigenvalue weighted by Gasteiger charge is -2.30. The fourth-order valence-corrected chi connectivity index (χ4v) is 10.4. The van der Waals surface area contributed by atoms with Crippen molar-refractivity contribution in [3.05, 3.63) is 0 Å². The van der Waals surface area contributed by atoms with E-state index in [1.807, 2.05) is 13.8 Å². The summed E-state index contributed by atoms with van der Waals surface area (Å²) in [6.07, 6.45) is 41.0. The molecular formula is C60H112N2O8. The van der Waals surface area contributed by atoms with Crippen LogP contribution in [0, 0.1) is 11.3 Å². The third-order valence-corrected chi connectivity index (χ3v) is 15.3. The fraction of sp³-hybridized carbons (Fsp3) is 0.933. The lowest BCUT2D eigenvalue weighted by atomic mass is 9.87. The van der Waals surface area contributed by atoms with Gasteiger partial charge in [-0.1, -0.05) is 182 Å². The Bertz CT molecular complexity index is 1280. The highest BCUT2D eigenvalue weighted by molar-refractivity contribution is 5.77. The zero-order chi connectivity index (χ0) is 50.9. The first-order valence-electron chi connectivity index (χ1n) is 30.2. The average molecular weight is 990 g/mol. The normalized spacial score (nSPS) is 16.5. The Kier molecular flexibility index (Phi) is 38.5. The number of carbonyl (C=O) groups excluding carboxylic acids is 4. The van der Waals surface area contributed by atoms with Crippen LogP contribution < -0.4 is 0 Å². The first kappa shape index (κ1) is 63.9. The van der Waals surface area contributed by atoms with Gasteiger partial charge in [0.1, 0.15) is 18.2 Å². The number of unbranched alkanes of at least 4 members (excludes halogenated alkanes) is 21. The minimum absolute atomic E-state index is 0.0434. The monoisotopic (exact) mass is 989 g/mol. The van der Waals surface area contributed by atoms with Crippen LogP contribution in [0.4, 0.5) is 0 Å². The van der Waals surface area contributed by atoms with E-state index in [4.69, 9.17) is 18.9 Å². The number of rotatable bonds is 48. The van der Waals surface area contributed by atoms with Crippen molar-refractivity contribution in [1.29, 1.82) is 0 Å². The number of carbonyl (C=O) groups is 4. The molecule has 10 nitrogen and oxygen atoms in total. The number of hydrogen-bond acceptors (Lipinski definition) is 10. The Morgan fingerprint density at radius 3 is 1.66 bits per heavy atom. The van der Waals surface area contributed by atoms with Crippen LogP contribution in [-0.2, 0) is 38.1 Å². The molecule has 0 bridgehead atoms. The molecule has 2 fully saturated rings. The van der Waals surface area contributed by atoms with E-state index in [2.05, 4.69) is 37.5 Å². The molecule has 2 aliphatic rings. The fourth-order valence-electron chi connectivity index (χ4n) is 10.4. The molecule has 2 aliphatic heterocycles. The molecule has 2 atom stereocenters. The third kappa shape index (κ3) is 32.1. The van der Waals surface area contributed by atoms with E-state index in [1.54, 1.807) is 0 Å². The molecular weight excluding hydrogens is 877 g/mol. The van der Waals surface area contributed by atoms with E-state index in [0.29, 0.717) is 39.0 Å². The summed E-state index contributed by atoms with van der Waals surface area (Å²) in [6.45, 7) is 18.1. The Hall–Kier alpha value is -2.20. The second-order valence-electron chi connectivity index (χ2n) is 22.4. The van der Waals surface area contributed by atoms with Crippen LogP contribution in [0.25, 0.3) is 0 Å². The summed E-state index contributed by atoms with van der Waals surface area (Å²) in [5.41, 5.74) is -0.505. The van der Waals surface area contributed by atoms with Crippen molar-refractivity contribution in [2.24, 2.45) is 11.3 Å². The van der Waals surface area contributed by atoms with Crippen LogP contribution in [0.1, 0.15) is 286 Å². The zero-order valence-electron chi connectivity index (χ0n) is 46.8. The van der Waals surface area contributed by atoms with Gasteiger partial charge in [-0.15, -0.1) is 0 Å². The summed E-state index contributed by atoms with van der Waals surface area (Å²) in [7, 11) is 0. The maximum absolute atomic E-state index is 13.5. The van der Waals surface area contributed by atoms with Crippen LogP contribution in [0.15, 0.2) is 0 Å². The quantitative estimate of drug-likeness (QED) is 0.0332. The Morgan fingerprint density at radius 1 is 0.529 bits per heavy atom. The van der Waals surface area contributed by atoms with Crippen molar-refractivity contribution < 1.29 is 38.1 Å². The highest BCUT2D eigenvalue weighted by atomic mass is 16.6. The van der Waals surface area contributed by atoms with E-state index >= 15 is 0 Å². The molecule has 70 heavy (non-hydrogen) atoms. The molecule has 0 amide bonds. The Labute approximate surface area is 431 Å². The van der Waals surface area contributed by atoms with Gasteiger partial charge in [0.2, 0.25) is 0 Å². The molecule has 2 heterocycles. The van der Waals surface area contributed by atoms with Crippen molar-refractivity contribution in [3.8, 4) is 0 Å². The number of esters is 4. The van der Waals surface area contributed by atoms with Crippen molar-refractivity contribution in [3.63, 3.8) is 0 Å². The van der Waals surface area contributed by atoms with Crippen molar-refractivity contribution >= 4 is 23.9 Å². The first-order valence-corrected chi connectivity index (χ1v) is 30.2. The van der Waals surface area contributed by atoms with Gasteiger partial charge in [-0.05, 0) is 110 Å². The predicted molar refractivity (Wildman–Crippen MR) is 289 cm³/mol. The highest BCUT2D eigenvalue weighted by Gasteiger charge is 2.39. The number of nitrogens with zero attached hydrogens (tertiary/aromatic N) is 2. The van der Waals surface area contributed by atoms with Gasteiger partial charge in [-0.25, -0.2) is 0 Å². The molecule has 10 heteroatoms. The number of ether oxygens (including phenoxy) is 4. The predicted octanol–water partition coefficient (Wildman–Crippen LogP) is 15.4. The van der Waals surface area contributed by atoms with Crippen LogP contribution in [0.2, 0.25) is 0 Å². The molecule has 0 unspecified atom stereocenters. The largest absolute Gasteiger partial charge is 0.465 e. The van der Waals surface area contributed by atoms with Gasteiger partial charge in [0.05, 0.1) is 25.0 Å². The van der Waals surface area contributed by atoms with Crippen LogP contribution in [-0.4, -0.2) is 97.9 Å². The summed E-state index contributed by atoms with van der Waals surface area (Å²) in [4.78, 5) is 56.7. The summed E-state index contributed by atoms with van der Waals surface area (Å²) in [6, 6.07) is -0.415. The second kappa shape index (κ2) is 42.2. The van der Waals surface area contributed by atoms with Crippen molar-refractivity contribution in [1.82, 2.24) is 9.80 Å². The van der Waals surface area contributed by atoms with Gasteiger partial charge >= 0.3 is 23.9 Å². The van der Waals surface area contributed by atoms with E-state index in [1.165, 1.54) is 122 Å². The van der Waals surface area contributed by atoms with Gasteiger partial charge in [0.25, 0.3) is 0 Å². The molecule has 0 aromatic carbocycles. The van der Waals surface area contributed by atoms with Gasteiger partial charge < -0.3 is 23.8 Å². The van der Waals surface area contributed by atoms with Gasteiger partial charge in [0.15, 0.2) is 0 Å². The van der Waals surface area contributed by atoms with Crippen molar-refractivity contribution in [2.75, 3.05) is 45.9 Å². The molecule has 0 N–H and O–H groups in total. The summed E-state index contributed by atoms with van der Waals surface area (Å²) in [5, 5.41) is 0. The first-order chi connectivity index (χ1) is 34.0. The van der Waals surface area contributed by atoms with Gasteiger partial charge in [-0.2, -0.15) is 0 Å². The van der Waals surface area contributed by atoms with Gasteiger partial charge in [-0.3, -0.25) is 24.1 Å². The Balaban J connectivity index is 1.72. The smallest absolute Gasteiger partial charge is 0.323 e. The molecule has 0 aliphatic carbocycles. The SMILES string of the molecule is CCCCCCCCC(CCCCCCCC)OC(=O)CCCCCCCOC(=O)[C@@H]1C[C@H](OC(=O)CCN2CCC2)CN1CCCCCCC(C)(C)C(=O)OCCCC(CCCCC)CCCCC. The van der Waals surface area contributed by atoms with Crippen LogP contribution in [0.3, 0.4) is 0 Å². The summed E-state index contributed by atoms with van der Waals surface area (Å²) >= 11 is 0. The molecule has 0 radical (unpaired) electrons. The molecule has 0 aromatic rings. The number of likely N-dealkylation sites (tertiary alicyclic amines) is 2. The third-order valence-electron chi connectivity index (χ3n) is 15.3. The minimum atomic E-state index is -0.505. The van der Waals surface area contributed by atoms with Gasteiger partial charge in [0, 0.05) is 25.9 Å². The maximum atomic E-state index is 13.5. The van der Waals surface area contributed by atoms with Crippen LogP contribution >= 0.6 is 0 Å². The summed E-state index contributed by atoms with van der Waals surface area (Å²) < 4.78 is 23.7. The topological polar surface area (TPSA) is 112 Å². The maximum Gasteiger partial charge on any atom is 0.323 e. The molecule has 0 spiro atoms. The second-order valence-corrected chi connectivity index (χ2v) is 22.4. The summed E-state index contributed by atoms with van der Waals surface area (Å²) in [5.74, 6) is 0.222. The molecule has 0 saturated carbocycles. The average Bonchev–Trinajstić information content (AvgIpc) is 3.73. The van der Waals surface area contributed by atoms with E-state index < -0.39 is 11.5 Å². The Morgan fingerprint density at radius 2 is 1.04 bits per heavy atom. The van der Waals surface area contributed by atoms with E-state index in [9.17, 15) is 19.2 Å². The van der Waals surface area contributed by atoms with E-state index in [-0.39, 0.29) is 36.1 Å². The lowest BCUT2D eigenvalue weighted by molar-refractivity contribution is -0.154. The molecule has 2 rings (SSSR count). The van der Waals surface area contributed by atoms with E-state index in [0.717, 1.165) is 135 Å². The molecule has 2 saturated heterocycles. The van der Waals surface area contributed by atoms with Crippen molar-refractivity contribution in [2.45, 2.75) is 304 Å². The number of hydrogen-bond donors (Lipinski definition) is 0. The molecule has 410 valence electrons. The minimum Gasteiger partial charge on any atom is -0.465 e.